The lowest BCUT2D eigenvalue weighted by atomic mass is 10.2. The fraction of sp³-hybridized carbons (Fsp3) is 0.0625. The molecule has 0 aliphatic rings. The molecule has 4 heteroatoms. The molecule has 0 bridgehead atoms. The van der Waals surface area contributed by atoms with E-state index in [4.69, 9.17) is 10.5 Å². The molecule has 102 valence electrons. The van der Waals surface area contributed by atoms with Crippen molar-refractivity contribution in [2.45, 2.75) is 6.61 Å². The van der Waals surface area contributed by atoms with Crippen LogP contribution in [0.5, 0.6) is 5.75 Å². The zero-order chi connectivity index (χ0) is 14.4. The van der Waals surface area contributed by atoms with Crippen LogP contribution in [0.15, 0.2) is 59.1 Å². The number of carbonyl (C=O) groups is 1. The number of benzene rings is 2. The van der Waals surface area contributed by atoms with Crippen molar-refractivity contribution in [3.8, 4) is 5.75 Å². The third kappa shape index (κ3) is 4.55. The monoisotopic (exact) mass is 331 g/mol. The lowest BCUT2D eigenvalue weighted by Gasteiger charge is -2.06. The van der Waals surface area contributed by atoms with Gasteiger partial charge in [-0.05, 0) is 41.5 Å². The maximum atomic E-state index is 10.6. The minimum absolute atomic E-state index is 0.458. The highest BCUT2D eigenvalue weighted by molar-refractivity contribution is 9.10. The number of amides is 1. The van der Waals surface area contributed by atoms with E-state index in [1.165, 1.54) is 6.08 Å². The van der Waals surface area contributed by atoms with Crippen LogP contribution in [0.1, 0.15) is 11.1 Å². The molecule has 0 aliphatic heterocycles. The van der Waals surface area contributed by atoms with E-state index in [9.17, 15) is 4.79 Å². The number of hydrogen-bond acceptors (Lipinski definition) is 2. The third-order valence-corrected chi connectivity index (χ3v) is 3.17. The molecule has 3 nitrogen and oxygen atoms in total. The van der Waals surface area contributed by atoms with Gasteiger partial charge in [-0.25, -0.2) is 0 Å². The largest absolute Gasteiger partial charge is 0.489 e. The second-order valence-electron chi connectivity index (χ2n) is 4.22. The Labute approximate surface area is 126 Å². The van der Waals surface area contributed by atoms with Gasteiger partial charge < -0.3 is 10.5 Å². The first-order valence-corrected chi connectivity index (χ1v) is 6.87. The van der Waals surface area contributed by atoms with Gasteiger partial charge in [0, 0.05) is 10.5 Å². The van der Waals surface area contributed by atoms with Crippen molar-refractivity contribution in [2.75, 3.05) is 0 Å². The van der Waals surface area contributed by atoms with Gasteiger partial charge >= 0.3 is 0 Å². The Morgan fingerprint density at radius 2 is 1.75 bits per heavy atom. The summed E-state index contributed by atoms with van der Waals surface area (Å²) in [6.07, 6.45) is 3.00. The average Bonchev–Trinajstić information content (AvgIpc) is 2.45. The van der Waals surface area contributed by atoms with Gasteiger partial charge in [0.05, 0.1) is 0 Å². The number of hydrogen-bond donors (Lipinski definition) is 1. The highest BCUT2D eigenvalue weighted by Gasteiger charge is 1.97. The van der Waals surface area contributed by atoms with Crippen molar-refractivity contribution in [2.24, 2.45) is 5.73 Å². The van der Waals surface area contributed by atoms with Crippen LogP contribution in [-0.2, 0) is 11.4 Å². The first kappa shape index (κ1) is 14.3. The molecule has 1 amide bonds. The molecule has 0 atom stereocenters. The quantitative estimate of drug-likeness (QED) is 0.852. The SMILES string of the molecule is NC(=O)/C=C/c1ccc(OCc2ccc(Br)cc2)cc1. The highest BCUT2D eigenvalue weighted by Crippen LogP contribution is 2.16. The van der Waals surface area contributed by atoms with Crippen LogP contribution in [0, 0.1) is 0 Å². The van der Waals surface area contributed by atoms with Gasteiger partial charge in [-0.15, -0.1) is 0 Å². The Balaban J connectivity index is 1.93. The number of primary amides is 1. The molecule has 2 aromatic carbocycles. The fourth-order valence-corrected chi connectivity index (χ4v) is 1.87. The minimum atomic E-state index is -0.458. The standard InChI is InChI=1S/C16H14BrNO2/c17-14-6-1-13(2-7-14)11-20-15-8-3-12(4-9-15)5-10-16(18)19/h1-10H,11H2,(H2,18,19)/b10-5+. The van der Waals surface area contributed by atoms with Gasteiger partial charge in [0.15, 0.2) is 0 Å². The Bertz CT molecular complexity index is 603. The van der Waals surface area contributed by atoms with Crippen LogP contribution in [-0.4, -0.2) is 5.91 Å². The second kappa shape index (κ2) is 6.91. The summed E-state index contributed by atoms with van der Waals surface area (Å²) in [6.45, 7) is 0.518. The van der Waals surface area contributed by atoms with Gasteiger partial charge in [-0.3, -0.25) is 4.79 Å². The molecule has 0 spiro atoms. The number of carbonyl (C=O) groups excluding carboxylic acids is 1. The lowest BCUT2D eigenvalue weighted by Crippen LogP contribution is -2.05. The third-order valence-electron chi connectivity index (χ3n) is 2.64. The van der Waals surface area contributed by atoms with E-state index in [-0.39, 0.29) is 0 Å². The van der Waals surface area contributed by atoms with Crippen LogP contribution in [0.2, 0.25) is 0 Å². The number of halogens is 1. The average molecular weight is 332 g/mol. The molecule has 0 saturated heterocycles. The van der Waals surface area contributed by atoms with Crippen molar-refractivity contribution in [1.82, 2.24) is 0 Å². The lowest BCUT2D eigenvalue weighted by molar-refractivity contribution is -0.113. The minimum Gasteiger partial charge on any atom is -0.489 e. The van der Waals surface area contributed by atoms with Gasteiger partial charge in [-0.2, -0.15) is 0 Å². The second-order valence-corrected chi connectivity index (χ2v) is 5.14. The molecule has 20 heavy (non-hydrogen) atoms. The summed E-state index contributed by atoms with van der Waals surface area (Å²) in [6, 6.07) is 15.4. The van der Waals surface area contributed by atoms with Gasteiger partial charge in [0.25, 0.3) is 0 Å². The van der Waals surface area contributed by atoms with Crippen LogP contribution >= 0.6 is 15.9 Å². The van der Waals surface area contributed by atoms with Gasteiger partial charge in [-0.1, -0.05) is 40.2 Å². The zero-order valence-electron chi connectivity index (χ0n) is 10.8. The molecule has 0 aliphatic carbocycles. The smallest absolute Gasteiger partial charge is 0.241 e. The molecule has 0 radical (unpaired) electrons. The van der Waals surface area contributed by atoms with E-state index in [0.717, 1.165) is 21.3 Å². The normalized spacial score (nSPS) is 10.7. The Hall–Kier alpha value is -2.07. The number of nitrogens with two attached hydrogens (primary N) is 1. The van der Waals surface area contributed by atoms with Gasteiger partial charge in [0.2, 0.25) is 5.91 Å². The molecular weight excluding hydrogens is 318 g/mol. The highest BCUT2D eigenvalue weighted by atomic mass is 79.9. The van der Waals surface area contributed by atoms with E-state index < -0.39 is 5.91 Å². The summed E-state index contributed by atoms with van der Waals surface area (Å²) < 4.78 is 6.73. The summed E-state index contributed by atoms with van der Waals surface area (Å²) in [5, 5.41) is 0. The van der Waals surface area contributed by atoms with Crippen molar-refractivity contribution >= 4 is 27.9 Å². The molecule has 0 aromatic heterocycles. The molecule has 0 heterocycles. The van der Waals surface area contributed by atoms with Crippen molar-refractivity contribution in [3.05, 3.63) is 70.2 Å². The Morgan fingerprint density at radius 3 is 2.35 bits per heavy atom. The predicted molar refractivity (Wildman–Crippen MR) is 83.1 cm³/mol. The Morgan fingerprint density at radius 1 is 1.10 bits per heavy atom. The molecule has 2 rings (SSSR count). The van der Waals surface area contributed by atoms with Crippen molar-refractivity contribution in [1.29, 1.82) is 0 Å². The van der Waals surface area contributed by atoms with E-state index in [1.807, 2.05) is 48.5 Å². The molecular formula is C16H14BrNO2. The fourth-order valence-electron chi connectivity index (χ4n) is 1.60. The van der Waals surface area contributed by atoms with E-state index in [2.05, 4.69) is 15.9 Å². The summed E-state index contributed by atoms with van der Waals surface area (Å²) in [5.74, 6) is 0.324. The summed E-state index contributed by atoms with van der Waals surface area (Å²) in [7, 11) is 0. The number of rotatable bonds is 5. The number of ether oxygens (including phenoxy) is 1. The van der Waals surface area contributed by atoms with Crippen LogP contribution < -0.4 is 10.5 Å². The van der Waals surface area contributed by atoms with Crippen molar-refractivity contribution in [3.63, 3.8) is 0 Å². The van der Waals surface area contributed by atoms with Crippen LogP contribution in [0.25, 0.3) is 6.08 Å². The molecule has 0 unspecified atom stereocenters. The maximum absolute atomic E-state index is 10.6. The van der Waals surface area contributed by atoms with Crippen LogP contribution in [0.4, 0.5) is 0 Å². The van der Waals surface area contributed by atoms with E-state index >= 15 is 0 Å². The predicted octanol–water partition coefficient (Wildman–Crippen LogP) is 3.53. The first-order chi connectivity index (χ1) is 9.63. The van der Waals surface area contributed by atoms with Crippen LogP contribution in [0.3, 0.4) is 0 Å². The zero-order valence-corrected chi connectivity index (χ0v) is 12.3. The molecule has 0 saturated carbocycles. The Kier molecular flexibility index (Phi) is 4.96. The molecule has 0 fully saturated rings. The summed E-state index contributed by atoms with van der Waals surface area (Å²) in [5.41, 5.74) is 7.04. The summed E-state index contributed by atoms with van der Waals surface area (Å²) in [4.78, 5) is 10.6. The maximum Gasteiger partial charge on any atom is 0.241 e. The topological polar surface area (TPSA) is 52.3 Å². The van der Waals surface area contributed by atoms with E-state index in [0.29, 0.717) is 6.61 Å². The molecule has 2 aromatic rings. The van der Waals surface area contributed by atoms with Gasteiger partial charge in [0.1, 0.15) is 12.4 Å². The molecule has 2 N–H and O–H groups in total. The van der Waals surface area contributed by atoms with Crippen molar-refractivity contribution < 1.29 is 9.53 Å². The summed E-state index contributed by atoms with van der Waals surface area (Å²) >= 11 is 3.39. The van der Waals surface area contributed by atoms with E-state index in [1.54, 1.807) is 6.08 Å². The first-order valence-electron chi connectivity index (χ1n) is 6.08.